The van der Waals surface area contributed by atoms with Crippen molar-refractivity contribution in [2.75, 3.05) is 12.4 Å². The van der Waals surface area contributed by atoms with E-state index in [0.717, 1.165) is 22.6 Å². The quantitative estimate of drug-likeness (QED) is 0.864. The summed E-state index contributed by atoms with van der Waals surface area (Å²) in [6.45, 7) is 0. The van der Waals surface area contributed by atoms with Gasteiger partial charge in [-0.05, 0) is 23.8 Å². The van der Waals surface area contributed by atoms with Crippen molar-refractivity contribution < 1.29 is 4.74 Å². The molecular weight excluding hydrogens is 262 g/mol. The Balaban J connectivity index is 2.38. The molecule has 4 heteroatoms. The van der Waals surface area contributed by atoms with Crippen LogP contribution in [0.5, 0.6) is 5.75 Å². The van der Waals surface area contributed by atoms with Gasteiger partial charge < -0.3 is 10.1 Å². The van der Waals surface area contributed by atoms with E-state index in [0.29, 0.717) is 0 Å². The predicted molar refractivity (Wildman–Crippen MR) is 81.4 cm³/mol. The van der Waals surface area contributed by atoms with Gasteiger partial charge in [0, 0.05) is 17.5 Å². The van der Waals surface area contributed by atoms with Crippen molar-refractivity contribution in [1.29, 1.82) is 10.5 Å². The summed E-state index contributed by atoms with van der Waals surface area (Å²) in [4.78, 5) is 0. The molecule has 0 atom stereocenters. The molecule has 0 bridgehead atoms. The third kappa shape index (κ3) is 3.40. The van der Waals surface area contributed by atoms with E-state index in [1.807, 2.05) is 48.5 Å². The van der Waals surface area contributed by atoms with Crippen LogP contribution in [-0.4, -0.2) is 7.11 Å². The first-order chi connectivity index (χ1) is 10.3. The van der Waals surface area contributed by atoms with Gasteiger partial charge in [-0.15, -0.1) is 0 Å². The zero-order chi connectivity index (χ0) is 15.1. The van der Waals surface area contributed by atoms with Crippen LogP contribution in [-0.2, 0) is 0 Å². The summed E-state index contributed by atoms with van der Waals surface area (Å²) in [5, 5.41) is 20.4. The van der Waals surface area contributed by atoms with Gasteiger partial charge in [-0.2, -0.15) is 10.5 Å². The molecule has 2 aromatic carbocycles. The van der Waals surface area contributed by atoms with Crippen molar-refractivity contribution >= 4 is 5.69 Å². The summed E-state index contributed by atoms with van der Waals surface area (Å²) < 4.78 is 5.37. The van der Waals surface area contributed by atoms with Crippen LogP contribution in [0.2, 0.25) is 0 Å². The van der Waals surface area contributed by atoms with E-state index in [1.165, 1.54) is 6.20 Å². The second-order valence-corrected chi connectivity index (χ2v) is 4.21. The van der Waals surface area contributed by atoms with E-state index in [-0.39, 0.29) is 5.57 Å². The van der Waals surface area contributed by atoms with Gasteiger partial charge in [0.1, 0.15) is 23.5 Å². The van der Waals surface area contributed by atoms with E-state index in [1.54, 1.807) is 19.2 Å². The molecule has 102 valence electrons. The van der Waals surface area contributed by atoms with Crippen LogP contribution in [0, 0.1) is 22.7 Å². The predicted octanol–water partition coefficient (Wildman–Crippen LogP) is 3.71. The van der Waals surface area contributed by atoms with Gasteiger partial charge in [-0.1, -0.05) is 30.3 Å². The number of hydrogen-bond acceptors (Lipinski definition) is 4. The molecule has 0 unspecified atom stereocenters. The minimum atomic E-state index is 0.0204. The van der Waals surface area contributed by atoms with Gasteiger partial charge in [0.2, 0.25) is 0 Å². The molecule has 2 rings (SSSR count). The third-order valence-electron chi connectivity index (χ3n) is 2.91. The van der Waals surface area contributed by atoms with Gasteiger partial charge >= 0.3 is 0 Å². The van der Waals surface area contributed by atoms with Crippen molar-refractivity contribution in [2.45, 2.75) is 0 Å². The lowest BCUT2D eigenvalue weighted by atomic mass is 10.0. The lowest BCUT2D eigenvalue weighted by Gasteiger charge is -2.11. The molecule has 0 spiro atoms. The molecule has 21 heavy (non-hydrogen) atoms. The highest BCUT2D eigenvalue weighted by Crippen LogP contribution is 2.32. The Bertz CT molecular complexity index is 721. The van der Waals surface area contributed by atoms with Crippen LogP contribution in [0.15, 0.2) is 60.3 Å². The third-order valence-corrected chi connectivity index (χ3v) is 2.91. The molecule has 0 saturated carbocycles. The molecule has 0 amide bonds. The van der Waals surface area contributed by atoms with E-state index in [4.69, 9.17) is 15.3 Å². The van der Waals surface area contributed by atoms with Crippen LogP contribution >= 0.6 is 0 Å². The summed E-state index contributed by atoms with van der Waals surface area (Å²) in [6, 6.07) is 19.0. The minimum Gasteiger partial charge on any atom is -0.496 e. The maximum absolute atomic E-state index is 8.72. The van der Waals surface area contributed by atoms with Gasteiger partial charge in [-0.3, -0.25) is 0 Å². The summed E-state index contributed by atoms with van der Waals surface area (Å²) in [7, 11) is 1.62. The van der Waals surface area contributed by atoms with Crippen molar-refractivity contribution in [3.8, 4) is 29.0 Å². The Labute approximate surface area is 123 Å². The normalized spacial score (nSPS) is 9.10. The number of methoxy groups -OCH3 is 1. The highest BCUT2D eigenvalue weighted by atomic mass is 16.5. The Morgan fingerprint density at radius 1 is 1.10 bits per heavy atom. The standard InChI is InChI=1S/C17H13N3O/c1-21-17-8-7-15(20-12-13(10-18)11-19)9-16(17)14-5-3-2-4-6-14/h2-9,12,20H,1H3. The van der Waals surface area contributed by atoms with Crippen LogP contribution in [0.25, 0.3) is 11.1 Å². The monoisotopic (exact) mass is 275 g/mol. The number of ether oxygens (including phenoxy) is 1. The molecule has 0 aromatic heterocycles. The van der Waals surface area contributed by atoms with Crippen molar-refractivity contribution in [2.24, 2.45) is 0 Å². The minimum absolute atomic E-state index is 0.0204. The molecule has 2 aromatic rings. The molecule has 0 saturated heterocycles. The van der Waals surface area contributed by atoms with Crippen molar-refractivity contribution in [3.05, 3.63) is 60.3 Å². The Hall–Kier alpha value is -3.24. The first-order valence-corrected chi connectivity index (χ1v) is 6.29. The molecule has 1 N–H and O–H groups in total. The summed E-state index contributed by atoms with van der Waals surface area (Å²) in [5.41, 5.74) is 2.76. The second kappa shape index (κ2) is 6.79. The average Bonchev–Trinajstić information content (AvgIpc) is 2.56. The van der Waals surface area contributed by atoms with E-state index < -0.39 is 0 Å². The zero-order valence-corrected chi connectivity index (χ0v) is 11.5. The number of nitrogens with one attached hydrogen (secondary N) is 1. The molecule has 0 heterocycles. The Morgan fingerprint density at radius 3 is 2.43 bits per heavy atom. The van der Waals surface area contributed by atoms with Crippen LogP contribution in [0.1, 0.15) is 0 Å². The van der Waals surface area contributed by atoms with Crippen LogP contribution in [0.4, 0.5) is 5.69 Å². The number of hydrogen-bond donors (Lipinski definition) is 1. The maximum Gasteiger partial charge on any atom is 0.145 e. The number of rotatable bonds is 4. The number of anilines is 1. The highest BCUT2D eigenvalue weighted by molar-refractivity contribution is 5.74. The maximum atomic E-state index is 8.72. The van der Waals surface area contributed by atoms with E-state index >= 15 is 0 Å². The SMILES string of the molecule is COc1ccc(NC=C(C#N)C#N)cc1-c1ccccc1. The fraction of sp³-hybridized carbons (Fsp3) is 0.0588. The van der Waals surface area contributed by atoms with Crippen molar-refractivity contribution in [1.82, 2.24) is 0 Å². The van der Waals surface area contributed by atoms with Gasteiger partial charge in [0.05, 0.1) is 7.11 Å². The number of allylic oxidation sites excluding steroid dienone is 1. The van der Waals surface area contributed by atoms with Crippen LogP contribution in [0.3, 0.4) is 0 Å². The summed E-state index contributed by atoms with van der Waals surface area (Å²) in [5.74, 6) is 0.761. The van der Waals surface area contributed by atoms with E-state index in [2.05, 4.69) is 5.32 Å². The van der Waals surface area contributed by atoms with E-state index in [9.17, 15) is 0 Å². The van der Waals surface area contributed by atoms with Gasteiger partial charge in [-0.25, -0.2) is 0 Å². The largest absolute Gasteiger partial charge is 0.496 e. The van der Waals surface area contributed by atoms with Crippen molar-refractivity contribution in [3.63, 3.8) is 0 Å². The second-order valence-electron chi connectivity index (χ2n) is 4.21. The van der Waals surface area contributed by atoms with Gasteiger partial charge in [0.15, 0.2) is 0 Å². The highest BCUT2D eigenvalue weighted by Gasteiger charge is 2.06. The molecule has 0 aliphatic carbocycles. The lowest BCUT2D eigenvalue weighted by Crippen LogP contribution is -1.93. The molecule has 4 nitrogen and oxygen atoms in total. The molecule has 0 fully saturated rings. The Morgan fingerprint density at radius 2 is 1.81 bits per heavy atom. The zero-order valence-electron chi connectivity index (χ0n) is 11.5. The number of nitriles is 2. The van der Waals surface area contributed by atoms with Crippen LogP contribution < -0.4 is 10.1 Å². The topological polar surface area (TPSA) is 68.8 Å². The molecule has 0 aliphatic heterocycles. The summed E-state index contributed by atoms with van der Waals surface area (Å²) in [6.07, 6.45) is 1.39. The lowest BCUT2D eigenvalue weighted by molar-refractivity contribution is 0.416. The summed E-state index contributed by atoms with van der Waals surface area (Å²) >= 11 is 0. The smallest absolute Gasteiger partial charge is 0.145 e. The van der Waals surface area contributed by atoms with Gasteiger partial charge in [0.25, 0.3) is 0 Å². The number of nitrogens with zero attached hydrogens (tertiary/aromatic N) is 2. The number of benzene rings is 2. The fourth-order valence-electron chi connectivity index (χ4n) is 1.89. The Kier molecular flexibility index (Phi) is 4.58. The fourth-order valence-corrected chi connectivity index (χ4v) is 1.89. The molecular formula is C17H13N3O. The molecule has 0 radical (unpaired) electrons. The first-order valence-electron chi connectivity index (χ1n) is 6.29. The average molecular weight is 275 g/mol. The molecule has 0 aliphatic rings. The first kappa shape index (κ1) is 14.2.